The highest BCUT2D eigenvalue weighted by Crippen LogP contribution is 2.50. The second kappa shape index (κ2) is 6.12. The van der Waals surface area contributed by atoms with Gasteiger partial charge in [-0.05, 0) is 24.6 Å². The summed E-state index contributed by atoms with van der Waals surface area (Å²) >= 11 is 0. The van der Waals surface area contributed by atoms with E-state index in [9.17, 15) is 9.90 Å². The summed E-state index contributed by atoms with van der Waals surface area (Å²) in [5, 5.41) is 13.5. The minimum Gasteiger partial charge on any atom is -0.387 e. The van der Waals surface area contributed by atoms with Gasteiger partial charge in [0.25, 0.3) is 0 Å². The Balaban J connectivity index is 1.84. The Morgan fingerprint density at radius 2 is 2.14 bits per heavy atom. The molecule has 0 radical (unpaired) electrons. The highest BCUT2D eigenvalue weighted by atomic mass is 16.5. The van der Waals surface area contributed by atoms with Crippen LogP contribution in [-0.4, -0.2) is 40.9 Å². The third-order valence-corrected chi connectivity index (χ3v) is 4.59. The van der Waals surface area contributed by atoms with Crippen molar-refractivity contribution in [2.75, 3.05) is 13.2 Å². The number of ether oxygens (including phenoxy) is 1. The second-order valence-corrected chi connectivity index (χ2v) is 6.21. The van der Waals surface area contributed by atoms with Gasteiger partial charge in [-0.15, -0.1) is 0 Å². The number of hydrogen-bond acceptors (Lipinski definition) is 4. The van der Waals surface area contributed by atoms with Crippen molar-refractivity contribution in [2.45, 2.75) is 45.3 Å². The lowest BCUT2D eigenvalue weighted by molar-refractivity contribution is -0.238. The van der Waals surface area contributed by atoms with Crippen LogP contribution in [0.4, 0.5) is 0 Å². The Labute approximate surface area is 125 Å². The van der Waals surface area contributed by atoms with Crippen LogP contribution in [0.15, 0.2) is 24.5 Å². The maximum atomic E-state index is 11.9. The van der Waals surface area contributed by atoms with E-state index in [-0.39, 0.29) is 24.0 Å². The number of amides is 1. The van der Waals surface area contributed by atoms with Gasteiger partial charge in [0.1, 0.15) is 0 Å². The fourth-order valence-corrected chi connectivity index (χ4v) is 2.76. The lowest BCUT2D eigenvalue weighted by Gasteiger charge is -2.57. The lowest BCUT2D eigenvalue weighted by Crippen LogP contribution is -2.68. The molecule has 1 amide bonds. The van der Waals surface area contributed by atoms with Gasteiger partial charge < -0.3 is 15.2 Å². The van der Waals surface area contributed by atoms with Crippen LogP contribution in [0, 0.1) is 5.41 Å². The highest BCUT2D eigenvalue weighted by molar-refractivity contribution is 5.78. The van der Waals surface area contributed by atoms with E-state index in [2.05, 4.69) is 10.3 Å². The van der Waals surface area contributed by atoms with E-state index >= 15 is 0 Å². The molecular weight excluding hydrogens is 268 g/mol. The average Bonchev–Trinajstić information content (AvgIpc) is 2.46. The molecule has 2 unspecified atom stereocenters. The Hall–Kier alpha value is -1.46. The summed E-state index contributed by atoms with van der Waals surface area (Å²) in [5.74, 6) is -0.0923. The van der Waals surface area contributed by atoms with Crippen molar-refractivity contribution in [3.05, 3.63) is 30.1 Å². The van der Waals surface area contributed by atoms with Crippen molar-refractivity contribution in [3.63, 3.8) is 0 Å². The summed E-state index contributed by atoms with van der Waals surface area (Å²) < 4.78 is 5.61. The second-order valence-electron chi connectivity index (χ2n) is 6.21. The summed E-state index contributed by atoms with van der Waals surface area (Å²) in [6.07, 6.45) is 4.23. The molecule has 0 bridgehead atoms. The van der Waals surface area contributed by atoms with E-state index in [0.29, 0.717) is 19.4 Å². The van der Waals surface area contributed by atoms with Crippen LogP contribution in [0.3, 0.4) is 0 Å². The van der Waals surface area contributed by atoms with Crippen LogP contribution >= 0.6 is 0 Å². The van der Waals surface area contributed by atoms with E-state index in [0.717, 1.165) is 5.56 Å². The fraction of sp³-hybridized carbons (Fsp3) is 0.625. The summed E-state index contributed by atoms with van der Waals surface area (Å²) in [5.41, 5.74) is -0.345. The number of aromatic nitrogens is 1. The third-order valence-electron chi connectivity index (χ3n) is 4.59. The Morgan fingerprint density at radius 3 is 2.71 bits per heavy atom. The molecular formula is C16H24N2O3. The van der Waals surface area contributed by atoms with Crippen molar-refractivity contribution >= 4 is 5.91 Å². The number of pyridine rings is 1. The smallest absolute Gasteiger partial charge is 0.224 e. The van der Waals surface area contributed by atoms with Gasteiger partial charge in [0.2, 0.25) is 5.91 Å². The number of rotatable bonds is 6. The molecule has 1 heterocycles. The van der Waals surface area contributed by atoms with Crippen molar-refractivity contribution in [1.82, 2.24) is 10.3 Å². The first-order valence-corrected chi connectivity index (χ1v) is 7.38. The predicted octanol–water partition coefficient (Wildman–Crippen LogP) is 1.31. The average molecular weight is 292 g/mol. The first-order chi connectivity index (χ1) is 9.89. The molecule has 21 heavy (non-hydrogen) atoms. The van der Waals surface area contributed by atoms with Crippen LogP contribution in [0.1, 0.15) is 32.8 Å². The topological polar surface area (TPSA) is 71.5 Å². The molecule has 1 aliphatic rings. The maximum Gasteiger partial charge on any atom is 0.224 e. The molecule has 5 heteroatoms. The first kappa shape index (κ1) is 15.9. The van der Waals surface area contributed by atoms with E-state index in [1.807, 2.05) is 32.9 Å². The molecule has 0 aliphatic heterocycles. The van der Waals surface area contributed by atoms with E-state index in [1.54, 1.807) is 12.4 Å². The van der Waals surface area contributed by atoms with Crippen LogP contribution in [0.5, 0.6) is 0 Å². The van der Waals surface area contributed by atoms with Crippen molar-refractivity contribution in [1.29, 1.82) is 0 Å². The van der Waals surface area contributed by atoms with Gasteiger partial charge in [0.15, 0.2) is 0 Å². The zero-order valence-electron chi connectivity index (χ0n) is 12.9. The quantitative estimate of drug-likeness (QED) is 0.829. The van der Waals surface area contributed by atoms with Gasteiger partial charge in [-0.3, -0.25) is 9.78 Å². The molecule has 1 aliphatic carbocycles. The normalized spacial score (nSPS) is 27.0. The molecule has 1 saturated carbocycles. The summed E-state index contributed by atoms with van der Waals surface area (Å²) in [6, 6.07) is 3.62. The summed E-state index contributed by atoms with van der Waals surface area (Å²) in [6.45, 7) is 6.80. The highest BCUT2D eigenvalue weighted by Gasteiger charge is 2.59. The minimum absolute atomic E-state index is 0.0459. The zero-order valence-corrected chi connectivity index (χ0v) is 12.9. The molecule has 2 N–H and O–H groups in total. The number of hydrogen-bond donors (Lipinski definition) is 2. The molecule has 1 aromatic heterocycles. The third kappa shape index (κ3) is 3.24. The lowest BCUT2D eigenvalue weighted by atomic mass is 9.56. The van der Waals surface area contributed by atoms with Gasteiger partial charge in [-0.1, -0.05) is 13.8 Å². The van der Waals surface area contributed by atoms with Gasteiger partial charge in [-0.25, -0.2) is 0 Å². The number of carbonyl (C=O) groups excluding carboxylic acids is 1. The van der Waals surface area contributed by atoms with Gasteiger partial charge >= 0.3 is 0 Å². The van der Waals surface area contributed by atoms with E-state index in [1.165, 1.54) is 0 Å². The van der Waals surface area contributed by atoms with Crippen molar-refractivity contribution in [3.8, 4) is 0 Å². The van der Waals surface area contributed by atoms with Crippen LogP contribution < -0.4 is 5.32 Å². The number of nitrogens with zero attached hydrogens (tertiary/aromatic N) is 1. The molecule has 0 saturated heterocycles. The van der Waals surface area contributed by atoms with Crippen molar-refractivity contribution in [2.24, 2.45) is 5.41 Å². The molecule has 1 fully saturated rings. The molecule has 1 aromatic rings. The predicted molar refractivity (Wildman–Crippen MR) is 79.7 cm³/mol. The summed E-state index contributed by atoms with van der Waals surface area (Å²) in [7, 11) is 0. The Kier molecular flexibility index (Phi) is 4.64. The van der Waals surface area contributed by atoms with Crippen LogP contribution in [0.25, 0.3) is 0 Å². The molecule has 0 aromatic carbocycles. The maximum absolute atomic E-state index is 11.9. The summed E-state index contributed by atoms with van der Waals surface area (Å²) in [4.78, 5) is 15.9. The Bertz CT molecular complexity index is 490. The van der Waals surface area contributed by atoms with Crippen LogP contribution in [-0.2, 0) is 16.0 Å². The zero-order chi connectivity index (χ0) is 15.5. The van der Waals surface area contributed by atoms with E-state index < -0.39 is 5.60 Å². The van der Waals surface area contributed by atoms with Gasteiger partial charge in [-0.2, -0.15) is 0 Å². The standard InChI is InChI=1S/C16H24N2O3/c1-4-21-13-10-16(20,15(13,2)3)11-18-14(19)9-12-5-7-17-8-6-12/h5-8,13,20H,4,9-11H2,1-3H3,(H,18,19). The van der Waals surface area contributed by atoms with Gasteiger partial charge in [0.05, 0.1) is 18.1 Å². The number of carbonyl (C=O) groups is 1. The van der Waals surface area contributed by atoms with Crippen LogP contribution in [0.2, 0.25) is 0 Å². The fourth-order valence-electron chi connectivity index (χ4n) is 2.76. The SMILES string of the molecule is CCOC1CC(O)(CNC(=O)Cc2ccncc2)C1(C)C. The van der Waals surface area contributed by atoms with Gasteiger partial charge in [0, 0.05) is 37.4 Å². The molecule has 2 atom stereocenters. The van der Waals surface area contributed by atoms with Crippen molar-refractivity contribution < 1.29 is 14.6 Å². The molecule has 116 valence electrons. The molecule has 2 rings (SSSR count). The molecule has 0 spiro atoms. The Morgan fingerprint density at radius 1 is 1.48 bits per heavy atom. The number of aliphatic hydroxyl groups is 1. The van der Waals surface area contributed by atoms with E-state index in [4.69, 9.17) is 4.74 Å². The minimum atomic E-state index is -0.902. The number of nitrogens with one attached hydrogen (secondary N) is 1. The largest absolute Gasteiger partial charge is 0.387 e. The first-order valence-electron chi connectivity index (χ1n) is 7.38. The molecule has 5 nitrogen and oxygen atoms in total. The monoisotopic (exact) mass is 292 g/mol.